The van der Waals surface area contributed by atoms with E-state index >= 15 is 0 Å². The first kappa shape index (κ1) is 14.8. The van der Waals surface area contributed by atoms with E-state index in [-0.39, 0.29) is 6.10 Å². The Morgan fingerprint density at radius 1 is 1.45 bits per heavy atom. The molecule has 6 nitrogen and oxygen atoms in total. The van der Waals surface area contributed by atoms with E-state index in [9.17, 15) is 0 Å². The minimum Gasteiger partial charge on any atom is -0.476 e. The van der Waals surface area contributed by atoms with Crippen molar-refractivity contribution in [2.75, 3.05) is 30.8 Å². The quantitative estimate of drug-likeness (QED) is 0.832. The van der Waals surface area contributed by atoms with Crippen molar-refractivity contribution in [2.24, 2.45) is 5.92 Å². The summed E-state index contributed by atoms with van der Waals surface area (Å²) >= 11 is 0. The highest BCUT2D eigenvalue weighted by molar-refractivity contribution is 5.67. The Labute approximate surface area is 120 Å². The Balaban J connectivity index is 2.27. The fraction of sp³-hybridized carbons (Fsp3) is 0.714. The molecule has 0 spiro atoms. The Kier molecular flexibility index (Phi) is 5.00. The van der Waals surface area contributed by atoms with Gasteiger partial charge in [0.15, 0.2) is 11.6 Å². The number of ether oxygens (including phenoxy) is 2. The summed E-state index contributed by atoms with van der Waals surface area (Å²) in [6.07, 6.45) is 1.94. The molecule has 1 aliphatic heterocycles. The van der Waals surface area contributed by atoms with Crippen LogP contribution in [-0.4, -0.2) is 29.7 Å². The standard InChI is InChI=1S/C14H24N4O2/c1-4-19-14-11(15)13(16-8-9(2)3)17-12(18-14)10-6-5-7-20-10/h9-10H,4-8,15H2,1-3H3,(H,16,17,18). The van der Waals surface area contributed by atoms with Crippen molar-refractivity contribution in [3.63, 3.8) is 0 Å². The van der Waals surface area contributed by atoms with Crippen LogP contribution in [0.25, 0.3) is 0 Å². The molecular formula is C14H24N4O2. The summed E-state index contributed by atoms with van der Waals surface area (Å²) in [5.74, 6) is 2.25. The number of nitrogens with one attached hydrogen (secondary N) is 1. The van der Waals surface area contributed by atoms with Crippen molar-refractivity contribution < 1.29 is 9.47 Å². The second-order valence-electron chi connectivity index (χ2n) is 5.36. The van der Waals surface area contributed by atoms with Gasteiger partial charge in [-0.15, -0.1) is 0 Å². The molecule has 3 N–H and O–H groups in total. The van der Waals surface area contributed by atoms with E-state index in [1.807, 2.05) is 6.92 Å². The fourth-order valence-electron chi connectivity index (χ4n) is 2.07. The minimum atomic E-state index is -0.0468. The summed E-state index contributed by atoms with van der Waals surface area (Å²) < 4.78 is 11.2. The number of rotatable bonds is 6. The lowest BCUT2D eigenvalue weighted by Crippen LogP contribution is -2.15. The highest BCUT2D eigenvalue weighted by atomic mass is 16.5. The summed E-state index contributed by atoms with van der Waals surface area (Å²) in [6.45, 7) is 8.27. The Morgan fingerprint density at radius 2 is 2.25 bits per heavy atom. The van der Waals surface area contributed by atoms with Crippen LogP contribution in [0.1, 0.15) is 45.5 Å². The zero-order chi connectivity index (χ0) is 14.5. The third kappa shape index (κ3) is 3.50. The van der Waals surface area contributed by atoms with Crippen LogP contribution >= 0.6 is 0 Å². The molecule has 112 valence electrons. The highest BCUT2D eigenvalue weighted by Crippen LogP contribution is 2.32. The fourth-order valence-corrected chi connectivity index (χ4v) is 2.07. The Morgan fingerprint density at radius 3 is 2.85 bits per heavy atom. The molecule has 0 amide bonds. The maximum atomic E-state index is 6.07. The molecule has 1 aromatic heterocycles. The lowest BCUT2D eigenvalue weighted by molar-refractivity contribution is 0.104. The van der Waals surface area contributed by atoms with Gasteiger partial charge in [0, 0.05) is 13.2 Å². The van der Waals surface area contributed by atoms with E-state index in [2.05, 4.69) is 29.1 Å². The van der Waals surface area contributed by atoms with Crippen molar-refractivity contribution in [1.82, 2.24) is 9.97 Å². The van der Waals surface area contributed by atoms with Crippen LogP contribution in [0.4, 0.5) is 11.5 Å². The molecule has 0 saturated carbocycles. The summed E-state index contributed by atoms with van der Waals surface area (Å²) in [4.78, 5) is 8.93. The zero-order valence-electron chi connectivity index (χ0n) is 12.5. The maximum absolute atomic E-state index is 6.07. The second-order valence-corrected chi connectivity index (χ2v) is 5.36. The summed E-state index contributed by atoms with van der Waals surface area (Å²) in [7, 11) is 0. The molecule has 0 bridgehead atoms. The minimum absolute atomic E-state index is 0.0468. The van der Waals surface area contributed by atoms with Crippen LogP contribution in [0.3, 0.4) is 0 Å². The SMILES string of the molecule is CCOc1nc(C2CCCO2)nc(NCC(C)C)c1N. The molecule has 0 aromatic carbocycles. The van der Waals surface area contributed by atoms with Gasteiger partial charge in [-0.3, -0.25) is 0 Å². The van der Waals surface area contributed by atoms with Gasteiger partial charge in [-0.1, -0.05) is 13.8 Å². The molecule has 2 rings (SSSR count). The number of aromatic nitrogens is 2. The van der Waals surface area contributed by atoms with Crippen molar-refractivity contribution in [2.45, 2.75) is 39.7 Å². The van der Waals surface area contributed by atoms with Crippen molar-refractivity contribution in [3.05, 3.63) is 5.82 Å². The number of anilines is 2. The number of hydrogen-bond acceptors (Lipinski definition) is 6. The van der Waals surface area contributed by atoms with Gasteiger partial charge in [-0.2, -0.15) is 4.98 Å². The molecule has 1 aromatic rings. The first-order valence-electron chi connectivity index (χ1n) is 7.27. The van der Waals surface area contributed by atoms with E-state index in [1.165, 1.54) is 0 Å². The van der Waals surface area contributed by atoms with Gasteiger partial charge in [0.05, 0.1) is 6.61 Å². The molecule has 2 heterocycles. The van der Waals surface area contributed by atoms with Crippen molar-refractivity contribution in [1.29, 1.82) is 0 Å². The van der Waals surface area contributed by atoms with Gasteiger partial charge in [0.1, 0.15) is 11.8 Å². The van der Waals surface area contributed by atoms with Crippen LogP contribution in [0.2, 0.25) is 0 Å². The molecule has 1 aliphatic rings. The second kappa shape index (κ2) is 6.74. The van der Waals surface area contributed by atoms with E-state index in [0.29, 0.717) is 35.7 Å². The van der Waals surface area contributed by atoms with Gasteiger partial charge in [0.2, 0.25) is 5.88 Å². The number of nitrogen functional groups attached to an aromatic ring is 1. The van der Waals surface area contributed by atoms with E-state index in [0.717, 1.165) is 26.0 Å². The smallest absolute Gasteiger partial charge is 0.242 e. The van der Waals surface area contributed by atoms with E-state index in [1.54, 1.807) is 0 Å². The third-order valence-corrected chi connectivity index (χ3v) is 3.10. The van der Waals surface area contributed by atoms with Gasteiger partial charge < -0.3 is 20.5 Å². The maximum Gasteiger partial charge on any atom is 0.242 e. The zero-order valence-corrected chi connectivity index (χ0v) is 12.5. The van der Waals surface area contributed by atoms with Crippen LogP contribution in [0.15, 0.2) is 0 Å². The molecular weight excluding hydrogens is 256 g/mol. The largest absolute Gasteiger partial charge is 0.476 e. The van der Waals surface area contributed by atoms with Crippen LogP contribution in [0, 0.1) is 5.92 Å². The topological polar surface area (TPSA) is 82.3 Å². The monoisotopic (exact) mass is 280 g/mol. The van der Waals surface area contributed by atoms with Gasteiger partial charge >= 0.3 is 0 Å². The predicted octanol–water partition coefficient (Wildman–Crippen LogP) is 2.38. The van der Waals surface area contributed by atoms with Crippen molar-refractivity contribution >= 4 is 11.5 Å². The molecule has 6 heteroatoms. The molecule has 1 atom stereocenters. The lowest BCUT2D eigenvalue weighted by Gasteiger charge is -2.16. The summed E-state index contributed by atoms with van der Waals surface area (Å²) in [6, 6.07) is 0. The van der Waals surface area contributed by atoms with Crippen LogP contribution in [-0.2, 0) is 4.74 Å². The molecule has 1 saturated heterocycles. The third-order valence-electron chi connectivity index (χ3n) is 3.10. The Hall–Kier alpha value is -1.56. The first-order chi connectivity index (χ1) is 9.61. The molecule has 1 unspecified atom stereocenters. The first-order valence-corrected chi connectivity index (χ1v) is 7.27. The van der Waals surface area contributed by atoms with E-state index in [4.69, 9.17) is 15.2 Å². The average Bonchev–Trinajstić information content (AvgIpc) is 2.93. The Bertz CT molecular complexity index is 445. The summed E-state index contributed by atoms with van der Waals surface area (Å²) in [5.41, 5.74) is 6.54. The van der Waals surface area contributed by atoms with Gasteiger partial charge in [-0.25, -0.2) is 4.98 Å². The van der Waals surface area contributed by atoms with E-state index < -0.39 is 0 Å². The van der Waals surface area contributed by atoms with Crippen LogP contribution < -0.4 is 15.8 Å². The number of nitrogens with zero attached hydrogens (tertiary/aromatic N) is 2. The average molecular weight is 280 g/mol. The highest BCUT2D eigenvalue weighted by Gasteiger charge is 2.23. The predicted molar refractivity (Wildman–Crippen MR) is 78.9 cm³/mol. The molecule has 0 aliphatic carbocycles. The molecule has 1 fully saturated rings. The lowest BCUT2D eigenvalue weighted by atomic mass is 10.2. The normalized spacial score (nSPS) is 18.5. The summed E-state index contributed by atoms with van der Waals surface area (Å²) in [5, 5.41) is 3.26. The molecule has 0 radical (unpaired) electrons. The van der Waals surface area contributed by atoms with Crippen molar-refractivity contribution in [3.8, 4) is 5.88 Å². The molecule has 20 heavy (non-hydrogen) atoms. The van der Waals surface area contributed by atoms with Gasteiger partial charge in [-0.05, 0) is 25.7 Å². The van der Waals surface area contributed by atoms with Crippen LogP contribution in [0.5, 0.6) is 5.88 Å². The number of nitrogens with two attached hydrogens (primary N) is 1. The van der Waals surface area contributed by atoms with Gasteiger partial charge in [0.25, 0.3) is 0 Å². The number of hydrogen-bond donors (Lipinski definition) is 2.